The molecule has 0 fully saturated rings. The second kappa shape index (κ2) is 9.02. The molecule has 5 N–H and O–H groups in total. The van der Waals surface area contributed by atoms with Crippen LogP contribution in [0.5, 0.6) is 0 Å². The van der Waals surface area contributed by atoms with Crippen LogP contribution in [0.15, 0.2) is 60.7 Å². The number of fused-ring (bicyclic) bond motifs is 3. The van der Waals surface area contributed by atoms with Gasteiger partial charge in [-0.05, 0) is 58.9 Å². The maximum atomic E-state index is 12.3. The molecule has 32 heavy (non-hydrogen) atoms. The molecule has 0 saturated carbocycles. The van der Waals surface area contributed by atoms with Crippen LogP contribution in [-0.4, -0.2) is 35.6 Å². The number of aliphatic hydroxyl groups is 2. The summed E-state index contributed by atoms with van der Waals surface area (Å²) in [6.45, 7) is 3.71. The van der Waals surface area contributed by atoms with Crippen molar-refractivity contribution in [3.63, 3.8) is 0 Å². The Hall–Kier alpha value is -3.35. The average Bonchev–Trinajstić information content (AvgIpc) is 3.11. The molecule has 0 aliphatic heterocycles. The fraction of sp³-hybridized carbons (Fsp3) is 0.269. The molecule has 0 aromatic heterocycles. The number of benzene rings is 3. The summed E-state index contributed by atoms with van der Waals surface area (Å²) < 4.78 is 5.47. The van der Waals surface area contributed by atoms with Crippen molar-refractivity contribution in [1.82, 2.24) is 5.32 Å². The zero-order valence-corrected chi connectivity index (χ0v) is 18.2. The molecule has 3 aromatic carbocycles. The van der Waals surface area contributed by atoms with Crippen molar-refractivity contribution in [3.05, 3.63) is 88.5 Å². The van der Waals surface area contributed by atoms with Gasteiger partial charge in [-0.25, -0.2) is 4.79 Å². The third-order valence-corrected chi connectivity index (χ3v) is 6.14. The van der Waals surface area contributed by atoms with Gasteiger partial charge in [-0.15, -0.1) is 0 Å². The summed E-state index contributed by atoms with van der Waals surface area (Å²) in [5, 5.41) is 23.5. The van der Waals surface area contributed by atoms with Gasteiger partial charge in [0.25, 0.3) is 0 Å². The molecule has 6 heteroatoms. The zero-order valence-electron chi connectivity index (χ0n) is 18.2. The lowest BCUT2D eigenvalue weighted by atomic mass is 9.96. The van der Waals surface area contributed by atoms with Gasteiger partial charge in [-0.2, -0.15) is 0 Å². The Labute approximate surface area is 187 Å². The summed E-state index contributed by atoms with van der Waals surface area (Å²) >= 11 is 0. The summed E-state index contributed by atoms with van der Waals surface area (Å²) in [4.78, 5) is 12.3. The number of alkyl carbamates (subject to hydrolysis) is 1. The van der Waals surface area contributed by atoms with Crippen LogP contribution in [0, 0.1) is 13.8 Å². The lowest BCUT2D eigenvalue weighted by Crippen LogP contribution is -2.36. The molecule has 0 saturated heterocycles. The molecule has 1 aliphatic rings. The molecule has 1 amide bonds. The fourth-order valence-electron chi connectivity index (χ4n) is 4.34. The van der Waals surface area contributed by atoms with E-state index >= 15 is 0 Å². The Bertz CT molecular complexity index is 1100. The van der Waals surface area contributed by atoms with Gasteiger partial charge < -0.3 is 26.0 Å². The van der Waals surface area contributed by atoms with Crippen molar-refractivity contribution in [1.29, 1.82) is 0 Å². The maximum Gasteiger partial charge on any atom is 0.407 e. The van der Waals surface area contributed by atoms with Crippen molar-refractivity contribution in [3.8, 4) is 11.1 Å². The fourth-order valence-corrected chi connectivity index (χ4v) is 4.34. The first kappa shape index (κ1) is 21.9. The molecule has 6 nitrogen and oxygen atoms in total. The van der Waals surface area contributed by atoms with E-state index in [9.17, 15) is 15.0 Å². The number of amides is 1. The van der Waals surface area contributed by atoms with Crippen LogP contribution in [0.1, 0.15) is 39.8 Å². The summed E-state index contributed by atoms with van der Waals surface area (Å²) in [6, 6.07) is 19.7. The van der Waals surface area contributed by atoms with Crippen LogP contribution in [0.25, 0.3) is 11.1 Å². The van der Waals surface area contributed by atoms with E-state index in [1.54, 1.807) is 12.1 Å². The number of carbonyl (C=O) groups excluding carboxylic acids is 1. The predicted molar refractivity (Wildman–Crippen MR) is 124 cm³/mol. The van der Waals surface area contributed by atoms with Crippen molar-refractivity contribution in [2.24, 2.45) is 0 Å². The van der Waals surface area contributed by atoms with Gasteiger partial charge in [-0.1, -0.05) is 54.6 Å². The van der Waals surface area contributed by atoms with Crippen LogP contribution in [0.4, 0.5) is 10.5 Å². The quantitative estimate of drug-likeness (QED) is 0.443. The van der Waals surface area contributed by atoms with Crippen LogP contribution in [0.3, 0.4) is 0 Å². The van der Waals surface area contributed by atoms with E-state index in [2.05, 4.69) is 29.6 Å². The Morgan fingerprint density at radius 1 is 1.00 bits per heavy atom. The topological polar surface area (TPSA) is 105 Å². The molecule has 166 valence electrons. The Morgan fingerprint density at radius 3 is 2.22 bits per heavy atom. The number of nitrogens with two attached hydrogens (primary N) is 1. The van der Waals surface area contributed by atoms with Gasteiger partial charge in [0.15, 0.2) is 0 Å². The Morgan fingerprint density at radius 2 is 1.59 bits per heavy atom. The van der Waals surface area contributed by atoms with Crippen LogP contribution >= 0.6 is 0 Å². The molecular formula is C26H28N2O4. The molecule has 3 aromatic rings. The van der Waals surface area contributed by atoms with Crippen LogP contribution in [-0.2, 0) is 4.74 Å². The highest BCUT2D eigenvalue weighted by Crippen LogP contribution is 2.44. The number of aryl methyl sites for hydroxylation is 2. The number of aliphatic hydroxyl groups excluding tert-OH is 2. The highest BCUT2D eigenvalue weighted by Gasteiger charge is 2.29. The van der Waals surface area contributed by atoms with Gasteiger partial charge in [0.1, 0.15) is 18.8 Å². The Balaban J connectivity index is 1.35. The molecular weight excluding hydrogens is 404 g/mol. The van der Waals surface area contributed by atoms with Crippen molar-refractivity contribution in [2.75, 3.05) is 18.9 Å². The predicted octanol–water partition coefficient (Wildman–Crippen LogP) is 3.82. The van der Waals surface area contributed by atoms with Crippen molar-refractivity contribution < 1.29 is 19.7 Å². The first-order valence-corrected chi connectivity index (χ1v) is 10.7. The standard InChI is InChI=1S/C26H28N2O4/c1-15-12-23(27)16(2)11-21(15)25(30)24(29)13-28-26(31)32-14-22-19-9-5-3-7-17(19)18-8-4-6-10-20(18)22/h3-12,22,24-25,29-30H,13-14,27H2,1-2H3,(H,28,31). The van der Waals surface area contributed by atoms with E-state index in [-0.39, 0.29) is 19.1 Å². The molecule has 1 aliphatic carbocycles. The number of carbonyl (C=O) groups is 1. The number of ether oxygens (including phenoxy) is 1. The smallest absolute Gasteiger partial charge is 0.407 e. The lowest BCUT2D eigenvalue weighted by Gasteiger charge is -2.21. The third kappa shape index (κ3) is 4.20. The number of nitrogen functional groups attached to an aromatic ring is 1. The maximum absolute atomic E-state index is 12.3. The van der Waals surface area contributed by atoms with Gasteiger partial charge in [0.2, 0.25) is 0 Å². The zero-order chi connectivity index (χ0) is 22.8. The minimum absolute atomic E-state index is 0.0379. The second-order valence-corrected chi connectivity index (χ2v) is 8.28. The molecule has 2 atom stereocenters. The molecule has 0 radical (unpaired) electrons. The lowest BCUT2D eigenvalue weighted by molar-refractivity contribution is 0.0182. The highest BCUT2D eigenvalue weighted by molar-refractivity contribution is 5.79. The molecule has 0 heterocycles. The summed E-state index contributed by atoms with van der Waals surface area (Å²) in [5.74, 6) is -0.0379. The van der Waals surface area contributed by atoms with E-state index in [1.165, 1.54) is 0 Å². The molecule has 0 spiro atoms. The number of nitrogens with one attached hydrogen (secondary N) is 1. The first-order chi connectivity index (χ1) is 15.4. The van der Waals surface area contributed by atoms with Gasteiger partial charge in [-0.3, -0.25) is 0 Å². The normalized spacial score (nSPS) is 14.4. The average molecular weight is 433 g/mol. The monoisotopic (exact) mass is 432 g/mol. The summed E-state index contributed by atoms with van der Waals surface area (Å²) in [5.41, 5.74) is 13.3. The number of rotatable bonds is 6. The molecule has 4 rings (SSSR count). The number of hydrogen-bond donors (Lipinski definition) is 4. The van der Waals surface area contributed by atoms with Crippen LogP contribution in [0.2, 0.25) is 0 Å². The minimum Gasteiger partial charge on any atom is -0.449 e. The SMILES string of the molecule is Cc1cc(C(O)C(O)CNC(=O)OCC2c3ccccc3-c3ccccc32)c(C)cc1N. The minimum atomic E-state index is -1.18. The highest BCUT2D eigenvalue weighted by atomic mass is 16.5. The molecule has 0 bridgehead atoms. The largest absolute Gasteiger partial charge is 0.449 e. The second-order valence-electron chi connectivity index (χ2n) is 8.28. The van der Waals surface area contributed by atoms with E-state index in [1.807, 2.05) is 38.1 Å². The Kier molecular flexibility index (Phi) is 6.17. The summed E-state index contributed by atoms with van der Waals surface area (Å²) in [6.07, 6.45) is -2.97. The summed E-state index contributed by atoms with van der Waals surface area (Å²) in [7, 11) is 0. The van der Waals surface area contributed by atoms with E-state index in [0.29, 0.717) is 11.3 Å². The third-order valence-electron chi connectivity index (χ3n) is 6.14. The van der Waals surface area contributed by atoms with Gasteiger partial charge in [0, 0.05) is 18.2 Å². The van der Waals surface area contributed by atoms with Crippen molar-refractivity contribution >= 4 is 11.8 Å². The van der Waals surface area contributed by atoms with E-state index < -0.39 is 18.3 Å². The molecule has 2 unspecified atom stereocenters. The van der Waals surface area contributed by atoms with E-state index in [0.717, 1.165) is 33.4 Å². The van der Waals surface area contributed by atoms with Gasteiger partial charge >= 0.3 is 6.09 Å². The van der Waals surface area contributed by atoms with Crippen molar-refractivity contribution in [2.45, 2.75) is 32.0 Å². The van der Waals surface area contributed by atoms with E-state index in [4.69, 9.17) is 10.5 Å². The van der Waals surface area contributed by atoms with Gasteiger partial charge in [0.05, 0.1) is 0 Å². The first-order valence-electron chi connectivity index (χ1n) is 10.7. The van der Waals surface area contributed by atoms with Crippen LogP contribution < -0.4 is 11.1 Å². The number of anilines is 1. The number of hydrogen-bond acceptors (Lipinski definition) is 5.